The van der Waals surface area contributed by atoms with Crippen molar-refractivity contribution in [2.45, 2.75) is 54.5 Å². The lowest BCUT2D eigenvalue weighted by atomic mass is 9.91. The Bertz CT molecular complexity index is 394. The van der Waals surface area contributed by atoms with Gasteiger partial charge in [0.2, 0.25) is 0 Å². The van der Waals surface area contributed by atoms with Crippen molar-refractivity contribution in [3.8, 4) is 0 Å². The highest BCUT2D eigenvalue weighted by molar-refractivity contribution is 9.10. The molecule has 98 valence electrons. The van der Waals surface area contributed by atoms with Crippen LogP contribution in [0.3, 0.4) is 0 Å². The van der Waals surface area contributed by atoms with Gasteiger partial charge >= 0.3 is 0 Å². The van der Waals surface area contributed by atoms with Crippen LogP contribution in [0.1, 0.15) is 47.4 Å². The number of rotatable bonds is 2. The number of anilines is 1. The summed E-state index contributed by atoms with van der Waals surface area (Å²) in [6, 6.07) is 0. The first-order valence-corrected chi connectivity index (χ1v) is 6.79. The van der Waals surface area contributed by atoms with E-state index in [0.29, 0.717) is 5.82 Å². The van der Waals surface area contributed by atoms with Gasteiger partial charge in [0, 0.05) is 13.0 Å². The van der Waals surface area contributed by atoms with Gasteiger partial charge < -0.3 is 10.3 Å². The van der Waals surface area contributed by atoms with Crippen molar-refractivity contribution < 1.29 is 0 Å². The number of hydrogen-bond donors (Lipinski definition) is 1. The van der Waals surface area contributed by atoms with Gasteiger partial charge in [0.05, 0.1) is 0 Å². The molecular weight excluding hydrogens is 278 g/mol. The average molecular weight is 302 g/mol. The average Bonchev–Trinajstić information content (AvgIpc) is 2.27. The van der Waals surface area contributed by atoms with Crippen LogP contribution in [0.15, 0.2) is 4.60 Å². The fraction of sp³-hybridized carbons (Fsp3) is 0.769. The normalized spacial score (nSPS) is 13.1. The third kappa shape index (κ3) is 4.34. The number of nitrogen functional groups attached to an aromatic ring is 1. The fourth-order valence-electron chi connectivity index (χ4n) is 1.74. The van der Waals surface area contributed by atoms with Crippen LogP contribution in [-0.2, 0) is 13.0 Å². The van der Waals surface area contributed by atoms with Crippen LogP contribution in [0.4, 0.5) is 5.82 Å². The third-order valence-electron chi connectivity index (χ3n) is 2.33. The summed E-state index contributed by atoms with van der Waals surface area (Å²) in [6.07, 6.45) is 0.929. The van der Waals surface area contributed by atoms with Gasteiger partial charge in [-0.25, -0.2) is 4.98 Å². The molecule has 0 atom stereocenters. The lowest BCUT2D eigenvalue weighted by molar-refractivity contribution is 0.321. The third-order valence-corrected chi connectivity index (χ3v) is 3.16. The lowest BCUT2D eigenvalue weighted by Crippen LogP contribution is -2.20. The van der Waals surface area contributed by atoms with E-state index in [-0.39, 0.29) is 10.8 Å². The first-order chi connectivity index (χ1) is 7.49. The van der Waals surface area contributed by atoms with Gasteiger partial charge in [0.15, 0.2) is 5.82 Å². The fourth-order valence-corrected chi connectivity index (χ4v) is 2.16. The van der Waals surface area contributed by atoms with Gasteiger partial charge in [0.25, 0.3) is 0 Å². The minimum Gasteiger partial charge on any atom is -0.381 e. The summed E-state index contributed by atoms with van der Waals surface area (Å²) >= 11 is 3.54. The van der Waals surface area contributed by atoms with Crippen LogP contribution in [0, 0.1) is 10.8 Å². The van der Waals surface area contributed by atoms with E-state index in [9.17, 15) is 0 Å². The smallest absolute Gasteiger partial charge is 0.156 e. The van der Waals surface area contributed by atoms with E-state index >= 15 is 0 Å². The first-order valence-electron chi connectivity index (χ1n) is 6.00. The molecule has 0 radical (unpaired) electrons. The standard InChI is InChI=1S/C13H24BrN3/c1-12(2,3)7-9-16-11(15)10(14)17(9)8-13(4,5)6/h7-8,15H2,1-6H3. The Morgan fingerprint density at radius 1 is 1.12 bits per heavy atom. The van der Waals surface area contributed by atoms with E-state index in [0.717, 1.165) is 23.4 Å². The Hall–Kier alpha value is -0.510. The molecule has 0 amide bonds. The van der Waals surface area contributed by atoms with Gasteiger partial charge in [-0.1, -0.05) is 41.5 Å². The van der Waals surface area contributed by atoms with Gasteiger partial charge in [-0.15, -0.1) is 0 Å². The molecule has 0 spiro atoms. The Kier molecular flexibility index (Phi) is 3.97. The Balaban J connectivity index is 3.09. The second-order valence-electron chi connectivity index (χ2n) is 7.09. The quantitative estimate of drug-likeness (QED) is 0.901. The molecule has 1 heterocycles. The minimum atomic E-state index is 0.211. The Morgan fingerprint density at radius 3 is 2.06 bits per heavy atom. The molecule has 0 fully saturated rings. The second kappa shape index (κ2) is 4.63. The maximum atomic E-state index is 5.90. The van der Waals surface area contributed by atoms with Crippen LogP contribution in [0.2, 0.25) is 0 Å². The van der Waals surface area contributed by atoms with E-state index in [1.165, 1.54) is 0 Å². The molecule has 0 aromatic carbocycles. The summed E-state index contributed by atoms with van der Waals surface area (Å²) in [5.41, 5.74) is 6.33. The van der Waals surface area contributed by atoms with Crippen molar-refractivity contribution in [3.63, 3.8) is 0 Å². The van der Waals surface area contributed by atoms with Gasteiger partial charge in [0.1, 0.15) is 10.4 Å². The molecule has 0 saturated carbocycles. The molecule has 0 unspecified atom stereocenters. The Labute approximate surface area is 113 Å². The zero-order chi connectivity index (χ0) is 13.4. The highest BCUT2D eigenvalue weighted by Crippen LogP contribution is 2.29. The predicted octanol–water partition coefficient (Wildman–Crippen LogP) is 3.86. The number of nitrogens with two attached hydrogens (primary N) is 1. The van der Waals surface area contributed by atoms with Crippen LogP contribution in [-0.4, -0.2) is 9.55 Å². The van der Waals surface area contributed by atoms with Crippen LogP contribution in [0.5, 0.6) is 0 Å². The van der Waals surface area contributed by atoms with E-state index in [2.05, 4.69) is 67.0 Å². The van der Waals surface area contributed by atoms with Crippen molar-refractivity contribution in [3.05, 3.63) is 10.4 Å². The van der Waals surface area contributed by atoms with Crippen LogP contribution in [0.25, 0.3) is 0 Å². The highest BCUT2D eigenvalue weighted by atomic mass is 79.9. The first kappa shape index (κ1) is 14.6. The van der Waals surface area contributed by atoms with E-state index in [1.54, 1.807) is 0 Å². The molecule has 0 aliphatic heterocycles. The van der Waals surface area contributed by atoms with Crippen molar-refractivity contribution in [2.24, 2.45) is 10.8 Å². The summed E-state index contributed by atoms with van der Waals surface area (Å²) in [4.78, 5) is 4.47. The number of imidazole rings is 1. The van der Waals surface area contributed by atoms with Gasteiger partial charge in [-0.2, -0.15) is 0 Å². The number of hydrogen-bond acceptors (Lipinski definition) is 2. The van der Waals surface area contributed by atoms with E-state index in [4.69, 9.17) is 5.73 Å². The molecule has 4 heteroatoms. The zero-order valence-electron chi connectivity index (χ0n) is 11.8. The number of halogens is 1. The summed E-state index contributed by atoms with van der Waals surface area (Å²) < 4.78 is 3.10. The summed E-state index contributed by atoms with van der Waals surface area (Å²) in [7, 11) is 0. The van der Waals surface area contributed by atoms with Gasteiger partial charge in [-0.05, 0) is 26.8 Å². The summed E-state index contributed by atoms with van der Waals surface area (Å²) in [5, 5.41) is 0. The molecule has 0 saturated heterocycles. The lowest BCUT2D eigenvalue weighted by Gasteiger charge is -2.24. The van der Waals surface area contributed by atoms with Crippen molar-refractivity contribution in [1.29, 1.82) is 0 Å². The topological polar surface area (TPSA) is 43.8 Å². The maximum absolute atomic E-state index is 5.90. The predicted molar refractivity (Wildman–Crippen MR) is 77.0 cm³/mol. The molecular formula is C13H24BrN3. The van der Waals surface area contributed by atoms with Crippen molar-refractivity contribution >= 4 is 21.7 Å². The molecule has 0 aliphatic carbocycles. The van der Waals surface area contributed by atoms with E-state index in [1.807, 2.05) is 0 Å². The maximum Gasteiger partial charge on any atom is 0.156 e. The van der Waals surface area contributed by atoms with Crippen LogP contribution < -0.4 is 5.73 Å². The molecule has 0 bridgehead atoms. The zero-order valence-corrected chi connectivity index (χ0v) is 13.3. The van der Waals surface area contributed by atoms with Crippen LogP contribution >= 0.6 is 15.9 Å². The number of aromatic nitrogens is 2. The molecule has 1 aromatic rings. The molecule has 17 heavy (non-hydrogen) atoms. The molecule has 1 rings (SSSR count). The van der Waals surface area contributed by atoms with E-state index < -0.39 is 0 Å². The summed E-state index contributed by atoms with van der Waals surface area (Å²) in [5.74, 6) is 1.66. The Morgan fingerprint density at radius 2 is 1.65 bits per heavy atom. The molecule has 0 aliphatic rings. The largest absolute Gasteiger partial charge is 0.381 e. The highest BCUT2D eigenvalue weighted by Gasteiger charge is 2.22. The second-order valence-corrected chi connectivity index (χ2v) is 7.84. The monoisotopic (exact) mass is 301 g/mol. The minimum absolute atomic E-state index is 0.211. The molecule has 1 aromatic heterocycles. The molecule has 2 N–H and O–H groups in total. The molecule has 3 nitrogen and oxygen atoms in total. The SMILES string of the molecule is CC(C)(C)Cc1nc(N)c(Br)n1CC(C)(C)C. The summed E-state index contributed by atoms with van der Waals surface area (Å²) in [6.45, 7) is 14.2. The number of nitrogens with zero attached hydrogens (tertiary/aromatic N) is 2. The van der Waals surface area contributed by atoms with Crippen molar-refractivity contribution in [1.82, 2.24) is 9.55 Å². The van der Waals surface area contributed by atoms with Crippen molar-refractivity contribution in [2.75, 3.05) is 5.73 Å². The van der Waals surface area contributed by atoms with Gasteiger partial charge in [-0.3, -0.25) is 0 Å².